The van der Waals surface area contributed by atoms with E-state index in [0.717, 1.165) is 26.2 Å². The summed E-state index contributed by atoms with van der Waals surface area (Å²) < 4.78 is 5.13. The van der Waals surface area contributed by atoms with Gasteiger partial charge < -0.3 is 9.64 Å². The second-order valence-corrected chi connectivity index (χ2v) is 3.93. The minimum atomic E-state index is -0.290. The average molecular weight is 181 g/mol. The molecule has 2 heterocycles. The fourth-order valence-electron chi connectivity index (χ4n) is 1.85. The van der Waals surface area contributed by atoms with Crippen molar-refractivity contribution in [3.63, 3.8) is 0 Å². The summed E-state index contributed by atoms with van der Waals surface area (Å²) in [6.07, 6.45) is 0. The monoisotopic (exact) mass is 181 g/mol. The molecule has 2 fully saturated rings. The van der Waals surface area contributed by atoms with Crippen molar-refractivity contribution in [2.75, 3.05) is 46.4 Å². The molecule has 2 aliphatic heterocycles. The molecule has 0 aromatic heterocycles. The molecule has 0 spiro atoms. The van der Waals surface area contributed by atoms with Crippen LogP contribution in [0, 0.1) is 11.3 Å². The Morgan fingerprint density at radius 2 is 1.85 bits per heavy atom. The Kier molecular flexibility index (Phi) is 2.24. The van der Waals surface area contributed by atoms with E-state index in [1.807, 2.05) is 0 Å². The van der Waals surface area contributed by atoms with Gasteiger partial charge in [-0.05, 0) is 7.05 Å². The van der Waals surface area contributed by atoms with Crippen molar-refractivity contribution in [2.24, 2.45) is 0 Å². The lowest BCUT2D eigenvalue weighted by Gasteiger charge is -2.47. The Hall–Kier alpha value is -0.630. The molecule has 0 aliphatic carbocycles. The average Bonchev–Trinajstić information content (AvgIpc) is 2.07. The highest BCUT2D eigenvalue weighted by molar-refractivity contribution is 5.13. The van der Waals surface area contributed by atoms with Crippen molar-refractivity contribution in [1.29, 1.82) is 5.26 Å². The molecule has 0 saturated carbocycles. The van der Waals surface area contributed by atoms with Crippen molar-refractivity contribution in [2.45, 2.75) is 5.54 Å². The fraction of sp³-hybridized carbons (Fsp3) is 0.889. The van der Waals surface area contributed by atoms with Crippen LogP contribution in [0.15, 0.2) is 0 Å². The predicted octanol–water partition coefficient (Wildman–Crippen LogP) is -0.474. The second kappa shape index (κ2) is 3.26. The van der Waals surface area contributed by atoms with Crippen LogP contribution in [0.2, 0.25) is 0 Å². The quantitative estimate of drug-likeness (QED) is 0.548. The Labute approximate surface area is 78.7 Å². The van der Waals surface area contributed by atoms with E-state index in [1.54, 1.807) is 0 Å². The molecule has 0 bridgehead atoms. The highest BCUT2D eigenvalue weighted by atomic mass is 16.5. The zero-order chi connectivity index (χ0) is 9.31. The first-order valence-corrected chi connectivity index (χ1v) is 4.69. The van der Waals surface area contributed by atoms with Gasteiger partial charge in [0.2, 0.25) is 0 Å². The maximum atomic E-state index is 9.07. The van der Waals surface area contributed by atoms with E-state index < -0.39 is 0 Å². The molecule has 0 N–H and O–H groups in total. The molecule has 4 nitrogen and oxygen atoms in total. The van der Waals surface area contributed by atoms with Crippen LogP contribution in [-0.2, 0) is 4.74 Å². The molecule has 0 unspecified atom stereocenters. The van der Waals surface area contributed by atoms with E-state index in [9.17, 15) is 0 Å². The standard InChI is InChI=1S/C9H15N3O/c1-11-2-4-12(5-3-11)9(6-10)7-13-8-9/h2-5,7-8H2,1H3. The third-order valence-corrected chi connectivity index (χ3v) is 3.00. The zero-order valence-corrected chi connectivity index (χ0v) is 7.99. The van der Waals surface area contributed by atoms with Crippen LogP contribution >= 0.6 is 0 Å². The fourth-order valence-corrected chi connectivity index (χ4v) is 1.85. The Morgan fingerprint density at radius 1 is 1.23 bits per heavy atom. The van der Waals surface area contributed by atoms with Crippen LogP contribution in [0.3, 0.4) is 0 Å². The summed E-state index contributed by atoms with van der Waals surface area (Å²) in [7, 11) is 2.12. The number of piperazine rings is 1. The van der Waals surface area contributed by atoms with E-state index in [0.29, 0.717) is 13.2 Å². The minimum absolute atomic E-state index is 0.290. The molecule has 0 radical (unpaired) electrons. The predicted molar refractivity (Wildman–Crippen MR) is 48.2 cm³/mol. The first kappa shape index (κ1) is 8.95. The molecule has 0 aromatic carbocycles. The van der Waals surface area contributed by atoms with Crippen LogP contribution in [0.5, 0.6) is 0 Å². The van der Waals surface area contributed by atoms with E-state index >= 15 is 0 Å². The molecule has 13 heavy (non-hydrogen) atoms. The third-order valence-electron chi connectivity index (χ3n) is 3.00. The van der Waals surface area contributed by atoms with Crippen LogP contribution in [-0.4, -0.2) is 61.8 Å². The summed E-state index contributed by atoms with van der Waals surface area (Å²) in [5.74, 6) is 0. The third kappa shape index (κ3) is 1.44. The molecule has 4 heteroatoms. The van der Waals surface area contributed by atoms with Gasteiger partial charge in [-0.15, -0.1) is 0 Å². The van der Waals surface area contributed by atoms with Gasteiger partial charge in [0.15, 0.2) is 5.54 Å². The highest BCUT2D eigenvalue weighted by Gasteiger charge is 2.45. The largest absolute Gasteiger partial charge is 0.375 e. The van der Waals surface area contributed by atoms with Gasteiger partial charge >= 0.3 is 0 Å². The lowest BCUT2D eigenvalue weighted by atomic mass is 9.96. The number of hydrogen-bond acceptors (Lipinski definition) is 4. The summed E-state index contributed by atoms with van der Waals surface area (Å²) in [6, 6.07) is 2.38. The molecule has 0 atom stereocenters. The number of ether oxygens (including phenoxy) is 1. The zero-order valence-electron chi connectivity index (χ0n) is 7.99. The van der Waals surface area contributed by atoms with E-state index in [2.05, 4.69) is 22.9 Å². The summed E-state index contributed by atoms with van der Waals surface area (Å²) in [6.45, 7) is 5.29. The molecule has 0 amide bonds. The van der Waals surface area contributed by atoms with Crippen molar-refractivity contribution in [3.8, 4) is 6.07 Å². The first-order valence-electron chi connectivity index (χ1n) is 4.69. The minimum Gasteiger partial charge on any atom is -0.375 e. The van der Waals surface area contributed by atoms with Crippen molar-refractivity contribution in [1.82, 2.24) is 9.80 Å². The molecular weight excluding hydrogens is 166 g/mol. The molecule has 2 saturated heterocycles. The van der Waals surface area contributed by atoms with Crippen molar-refractivity contribution in [3.05, 3.63) is 0 Å². The maximum absolute atomic E-state index is 9.07. The summed E-state index contributed by atoms with van der Waals surface area (Å²) in [5, 5.41) is 9.07. The SMILES string of the molecule is CN1CCN(C2(C#N)COC2)CC1. The van der Waals surface area contributed by atoms with Gasteiger partial charge in [-0.2, -0.15) is 5.26 Å². The number of likely N-dealkylation sites (N-methyl/N-ethyl adjacent to an activating group) is 1. The summed E-state index contributed by atoms with van der Waals surface area (Å²) in [4.78, 5) is 4.55. The Morgan fingerprint density at radius 3 is 2.23 bits per heavy atom. The number of rotatable bonds is 1. The number of hydrogen-bond donors (Lipinski definition) is 0. The van der Waals surface area contributed by atoms with Crippen LogP contribution in [0.25, 0.3) is 0 Å². The maximum Gasteiger partial charge on any atom is 0.156 e. The smallest absolute Gasteiger partial charge is 0.156 e. The second-order valence-electron chi connectivity index (χ2n) is 3.93. The highest BCUT2D eigenvalue weighted by Crippen LogP contribution is 2.25. The molecular formula is C9H15N3O. The molecule has 2 rings (SSSR count). The van der Waals surface area contributed by atoms with E-state index in [4.69, 9.17) is 10.00 Å². The lowest BCUT2D eigenvalue weighted by molar-refractivity contribution is -0.117. The van der Waals surface area contributed by atoms with Gasteiger partial charge in [-0.3, -0.25) is 4.90 Å². The molecule has 0 aromatic rings. The number of nitriles is 1. The van der Waals surface area contributed by atoms with Crippen molar-refractivity contribution < 1.29 is 4.74 Å². The van der Waals surface area contributed by atoms with E-state index in [-0.39, 0.29) is 5.54 Å². The summed E-state index contributed by atoms with van der Waals surface area (Å²) in [5.41, 5.74) is -0.290. The van der Waals surface area contributed by atoms with E-state index in [1.165, 1.54) is 0 Å². The first-order chi connectivity index (χ1) is 6.27. The van der Waals surface area contributed by atoms with Gasteiger partial charge in [-0.25, -0.2) is 0 Å². The number of nitrogens with zero attached hydrogens (tertiary/aromatic N) is 3. The topological polar surface area (TPSA) is 39.5 Å². The van der Waals surface area contributed by atoms with Gasteiger partial charge in [0.1, 0.15) is 0 Å². The summed E-state index contributed by atoms with van der Waals surface area (Å²) >= 11 is 0. The Balaban J connectivity index is 1.97. The van der Waals surface area contributed by atoms with Crippen LogP contribution in [0.4, 0.5) is 0 Å². The van der Waals surface area contributed by atoms with Gasteiger partial charge in [0, 0.05) is 26.2 Å². The van der Waals surface area contributed by atoms with Crippen molar-refractivity contribution >= 4 is 0 Å². The van der Waals surface area contributed by atoms with Gasteiger partial charge in [-0.1, -0.05) is 0 Å². The lowest BCUT2D eigenvalue weighted by Crippen LogP contribution is -2.65. The molecule has 72 valence electrons. The van der Waals surface area contributed by atoms with Gasteiger partial charge in [0.25, 0.3) is 0 Å². The molecule has 2 aliphatic rings. The normalized spacial score (nSPS) is 29.2. The van der Waals surface area contributed by atoms with Gasteiger partial charge in [0.05, 0.1) is 19.3 Å². The van der Waals surface area contributed by atoms with Crippen LogP contribution in [0.1, 0.15) is 0 Å². The Bertz CT molecular complexity index is 224. The van der Waals surface area contributed by atoms with Crippen LogP contribution < -0.4 is 0 Å².